The molecule has 1 N–H and O–H groups in total. The molecule has 0 aliphatic heterocycles. The molecule has 2 rings (SSSR count). The minimum absolute atomic E-state index is 0.0137. The Morgan fingerprint density at radius 2 is 1.85 bits per heavy atom. The van der Waals surface area contributed by atoms with Crippen LogP contribution >= 0.6 is 0 Å². The third kappa shape index (κ3) is 4.48. The van der Waals surface area contributed by atoms with Crippen LogP contribution in [0.15, 0.2) is 42.5 Å². The minimum Gasteiger partial charge on any atom is -0.497 e. The maximum atomic E-state index is 13.3. The van der Waals surface area contributed by atoms with E-state index >= 15 is 0 Å². The Labute approximate surface area is 150 Å². The van der Waals surface area contributed by atoms with E-state index in [4.69, 9.17) is 4.74 Å². The Morgan fingerprint density at radius 3 is 2.42 bits per heavy atom. The number of anilines is 2. The van der Waals surface area contributed by atoms with Gasteiger partial charge in [-0.3, -0.25) is 9.10 Å². The van der Waals surface area contributed by atoms with Crippen molar-refractivity contribution in [2.24, 2.45) is 0 Å². The fraction of sp³-hybridized carbons (Fsp3) is 0.235. The zero-order valence-corrected chi connectivity index (χ0v) is 15.2. The summed E-state index contributed by atoms with van der Waals surface area (Å²) in [5.74, 6) is -2.46. The Bertz CT molecular complexity index is 919. The maximum absolute atomic E-state index is 13.3. The van der Waals surface area contributed by atoms with Crippen molar-refractivity contribution in [3.05, 3.63) is 54.1 Å². The number of nitrogens with zero attached hydrogens (tertiary/aromatic N) is 1. The van der Waals surface area contributed by atoms with Gasteiger partial charge in [-0.05, 0) is 31.2 Å². The number of carbonyl (C=O) groups excluding carboxylic acids is 1. The topological polar surface area (TPSA) is 75.7 Å². The van der Waals surface area contributed by atoms with Gasteiger partial charge in [0.2, 0.25) is 15.9 Å². The molecule has 140 valence electrons. The molecule has 0 spiro atoms. The van der Waals surface area contributed by atoms with Gasteiger partial charge in [0.1, 0.15) is 11.8 Å². The van der Waals surface area contributed by atoms with Crippen LogP contribution in [0.5, 0.6) is 5.75 Å². The molecule has 1 atom stereocenters. The molecule has 6 nitrogen and oxygen atoms in total. The van der Waals surface area contributed by atoms with Crippen molar-refractivity contribution in [1.29, 1.82) is 0 Å². The minimum atomic E-state index is -3.81. The number of halogens is 2. The number of carbonyl (C=O) groups is 1. The van der Waals surface area contributed by atoms with E-state index in [0.717, 1.165) is 22.7 Å². The first-order chi connectivity index (χ1) is 12.1. The summed E-state index contributed by atoms with van der Waals surface area (Å²) in [6.45, 7) is 1.38. The second-order valence-electron chi connectivity index (χ2n) is 5.55. The van der Waals surface area contributed by atoms with Crippen molar-refractivity contribution >= 4 is 27.3 Å². The number of nitrogens with one attached hydrogen (secondary N) is 1. The number of amides is 1. The van der Waals surface area contributed by atoms with Crippen LogP contribution in [0, 0.1) is 11.6 Å². The van der Waals surface area contributed by atoms with Crippen molar-refractivity contribution < 1.29 is 26.7 Å². The van der Waals surface area contributed by atoms with Crippen LogP contribution in [0.2, 0.25) is 0 Å². The van der Waals surface area contributed by atoms with Gasteiger partial charge in [-0.25, -0.2) is 17.2 Å². The number of sulfonamides is 1. The highest BCUT2D eigenvalue weighted by molar-refractivity contribution is 7.92. The molecule has 0 radical (unpaired) electrons. The molecule has 0 bridgehead atoms. The first kappa shape index (κ1) is 19.6. The summed E-state index contributed by atoms with van der Waals surface area (Å²) >= 11 is 0. The van der Waals surface area contributed by atoms with Crippen LogP contribution in [0.3, 0.4) is 0 Å². The number of benzene rings is 2. The van der Waals surface area contributed by atoms with Crippen molar-refractivity contribution in [3.63, 3.8) is 0 Å². The van der Waals surface area contributed by atoms with E-state index in [1.807, 2.05) is 0 Å². The van der Waals surface area contributed by atoms with Gasteiger partial charge < -0.3 is 10.1 Å². The zero-order chi connectivity index (χ0) is 19.5. The van der Waals surface area contributed by atoms with Crippen molar-refractivity contribution in [1.82, 2.24) is 0 Å². The number of rotatable bonds is 6. The molecule has 0 fully saturated rings. The molecule has 0 aliphatic carbocycles. The number of methoxy groups -OCH3 is 1. The van der Waals surface area contributed by atoms with Gasteiger partial charge in [-0.15, -0.1) is 0 Å². The fourth-order valence-corrected chi connectivity index (χ4v) is 3.54. The second-order valence-corrected chi connectivity index (χ2v) is 7.41. The summed E-state index contributed by atoms with van der Waals surface area (Å²) in [7, 11) is -2.38. The molecule has 2 aromatic rings. The summed E-state index contributed by atoms with van der Waals surface area (Å²) in [5.41, 5.74) is 0.250. The summed E-state index contributed by atoms with van der Waals surface area (Å²) < 4.78 is 56.7. The van der Waals surface area contributed by atoms with E-state index in [1.54, 1.807) is 12.1 Å². The molecule has 0 saturated carbocycles. The molecule has 0 heterocycles. The average Bonchev–Trinajstić information content (AvgIpc) is 2.57. The summed E-state index contributed by atoms with van der Waals surface area (Å²) in [4.78, 5) is 12.5. The third-order valence-corrected chi connectivity index (χ3v) is 4.83. The highest BCUT2D eigenvalue weighted by Crippen LogP contribution is 2.26. The fourth-order valence-electron chi connectivity index (χ4n) is 2.38. The van der Waals surface area contributed by atoms with Crippen LogP contribution < -0.4 is 14.4 Å². The largest absolute Gasteiger partial charge is 0.497 e. The van der Waals surface area contributed by atoms with Crippen molar-refractivity contribution in [2.75, 3.05) is 23.0 Å². The lowest BCUT2D eigenvalue weighted by Crippen LogP contribution is -2.45. The zero-order valence-electron chi connectivity index (χ0n) is 14.4. The molecule has 0 aromatic heterocycles. The van der Waals surface area contributed by atoms with Crippen LogP contribution in [-0.2, 0) is 14.8 Å². The van der Waals surface area contributed by atoms with Crippen LogP contribution in [0.1, 0.15) is 6.92 Å². The Morgan fingerprint density at radius 1 is 1.15 bits per heavy atom. The maximum Gasteiger partial charge on any atom is 0.247 e. The summed E-state index contributed by atoms with van der Waals surface area (Å²) in [6.07, 6.45) is 0.966. The van der Waals surface area contributed by atoms with Crippen molar-refractivity contribution in [2.45, 2.75) is 13.0 Å². The van der Waals surface area contributed by atoms with Gasteiger partial charge in [0.15, 0.2) is 11.6 Å². The third-order valence-electron chi connectivity index (χ3n) is 3.58. The van der Waals surface area contributed by atoms with Gasteiger partial charge in [-0.2, -0.15) is 0 Å². The van der Waals surface area contributed by atoms with E-state index in [9.17, 15) is 22.0 Å². The quantitative estimate of drug-likeness (QED) is 0.831. The molecule has 0 aliphatic rings. The van der Waals surface area contributed by atoms with Gasteiger partial charge >= 0.3 is 0 Å². The van der Waals surface area contributed by atoms with E-state index in [2.05, 4.69) is 5.32 Å². The Balaban J connectivity index is 2.32. The molecular formula is C17H18F2N2O4S. The predicted molar refractivity (Wildman–Crippen MR) is 94.8 cm³/mol. The molecular weight excluding hydrogens is 366 g/mol. The predicted octanol–water partition coefficient (Wildman–Crippen LogP) is 2.77. The number of hydrogen-bond acceptors (Lipinski definition) is 4. The molecule has 2 aromatic carbocycles. The Hall–Kier alpha value is -2.68. The smallest absolute Gasteiger partial charge is 0.247 e. The second kappa shape index (κ2) is 7.69. The Kier molecular flexibility index (Phi) is 5.81. The van der Waals surface area contributed by atoms with Gasteiger partial charge in [0.05, 0.1) is 19.1 Å². The molecule has 0 saturated heterocycles. The summed E-state index contributed by atoms with van der Waals surface area (Å²) in [6, 6.07) is 7.93. The molecule has 9 heteroatoms. The lowest BCUT2D eigenvalue weighted by molar-refractivity contribution is -0.116. The van der Waals surface area contributed by atoms with Gasteiger partial charge in [0, 0.05) is 17.8 Å². The standard InChI is InChI=1S/C17H18F2N2O4S/c1-11(17(22)20-12-7-8-15(18)16(19)9-12)21(26(3,23)24)13-5-4-6-14(10-13)25-2/h4-11H,1-3H3,(H,20,22)/t11-/m0/s1. The number of ether oxygens (including phenoxy) is 1. The van der Waals surface area contributed by atoms with E-state index in [-0.39, 0.29) is 11.4 Å². The van der Waals surface area contributed by atoms with Gasteiger partial charge in [0.25, 0.3) is 0 Å². The van der Waals surface area contributed by atoms with E-state index in [0.29, 0.717) is 5.75 Å². The average molecular weight is 384 g/mol. The molecule has 26 heavy (non-hydrogen) atoms. The van der Waals surface area contributed by atoms with Crippen molar-refractivity contribution in [3.8, 4) is 5.75 Å². The van der Waals surface area contributed by atoms with Crippen LogP contribution in [0.4, 0.5) is 20.2 Å². The van der Waals surface area contributed by atoms with Crippen LogP contribution in [0.25, 0.3) is 0 Å². The van der Waals surface area contributed by atoms with Crippen LogP contribution in [-0.4, -0.2) is 33.7 Å². The monoisotopic (exact) mass is 384 g/mol. The highest BCUT2D eigenvalue weighted by atomic mass is 32.2. The van der Waals surface area contributed by atoms with E-state index in [1.165, 1.54) is 32.2 Å². The lowest BCUT2D eigenvalue weighted by atomic mass is 10.2. The van der Waals surface area contributed by atoms with Gasteiger partial charge in [-0.1, -0.05) is 6.07 Å². The first-order valence-corrected chi connectivity index (χ1v) is 9.37. The molecule has 1 amide bonds. The lowest BCUT2D eigenvalue weighted by Gasteiger charge is -2.28. The first-order valence-electron chi connectivity index (χ1n) is 7.53. The number of hydrogen-bond donors (Lipinski definition) is 1. The summed E-state index contributed by atoms with van der Waals surface area (Å²) in [5, 5.41) is 2.38. The normalized spacial score (nSPS) is 12.3. The SMILES string of the molecule is COc1cccc(N([C@@H](C)C(=O)Nc2ccc(F)c(F)c2)S(C)(=O)=O)c1. The highest BCUT2D eigenvalue weighted by Gasteiger charge is 2.29. The van der Waals surface area contributed by atoms with E-state index < -0.39 is 33.6 Å². The molecule has 0 unspecified atom stereocenters.